The average molecular weight is 205 g/mol. The van der Waals surface area contributed by atoms with Crippen molar-refractivity contribution in [1.29, 1.82) is 0 Å². The van der Waals surface area contributed by atoms with Gasteiger partial charge in [0.15, 0.2) is 0 Å². The number of aldehydes is 1. The largest absolute Gasteiger partial charge is 0.354 e. The molecule has 0 aliphatic heterocycles. The Hall–Kier alpha value is -1.31. The molecule has 0 aliphatic carbocycles. The summed E-state index contributed by atoms with van der Waals surface area (Å²) in [7, 11) is 0. The summed E-state index contributed by atoms with van der Waals surface area (Å²) in [5.41, 5.74) is 1.96. The van der Waals surface area contributed by atoms with E-state index in [0.717, 1.165) is 30.4 Å². The predicted octanol–water partition coefficient (Wildman–Crippen LogP) is 3.14. The topological polar surface area (TPSA) is 22.0 Å². The van der Waals surface area contributed by atoms with Crippen LogP contribution >= 0.6 is 0 Å². The van der Waals surface area contributed by atoms with E-state index in [1.165, 1.54) is 0 Å². The maximum absolute atomic E-state index is 10.8. The minimum atomic E-state index is 0.289. The fourth-order valence-electron chi connectivity index (χ4n) is 1.47. The summed E-state index contributed by atoms with van der Waals surface area (Å²) in [6.07, 6.45) is 8.17. The molecule has 0 aliphatic rings. The summed E-state index contributed by atoms with van der Waals surface area (Å²) in [4.78, 5) is 10.8. The second-order valence-electron chi connectivity index (χ2n) is 4.10. The van der Waals surface area contributed by atoms with Crippen LogP contribution in [-0.2, 0) is 11.3 Å². The number of allylic oxidation sites excluding steroid dienone is 1. The van der Waals surface area contributed by atoms with Crippen LogP contribution in [0.3, 0.4) is 0 Å². The Morgan fingerprint density at radius 2 is 2.27 bits per heavy atom. The van der Waals surface area contributed by atoms with Gasteiger partial charge in [0.2, 0.25) is 0 Å². The summed E-state index contributed by atoms with van der Waals surface area (Å²) in [5, 5.41) is 0. The standard InChI is InChI=1S/C13H19NO/c1-4-6-14-7-5-12(9-14)8-13(10-15)11(2)3/h5,7-11H,4,6H2,1-3H3. The van der Waals surface area contributed by atoms with Crippen molar-refractivity contribution in [3.8, 4) is 0 Å². The zero-order chi connectivity index (χ0) is 11.3. The first-order valence-electron chi connectivity index (χ1n) is 5.50. The Labute approximate surface area is 91.6 Å². The highest BCUT2D eigenvalue weighted by Gasteiger charge is 2.02. The summed E-state index contributed by atoms with van der Waals surface area (Å²) >= 11 is 0. The van der Waals surface area contributed by atoms with E-state index in [0.29, 0.717) is 0 Å². The molecule has 0 fully saturated rings. The molecular formula is C13H19NO. The van der Waals surface area contributed by atoms with E-state index in [2.05, 4.69) is 23.9 Å². The van der Waals surface area contributed by atoms with Crippen LogP contribution in [0.25, 0.3) is 6.08 Å². The van der Waals surface area contributed by atoms with Crippen molar-refractivity contribution in [2.75, 3.05) is 0 Å². The van der Waals surface area contributed by atoms with Gasteiger partial charge in [0.05, 0.1) is 0 Å². The Morgan fingerprint density at radius 1 is 1.53 bits per heavy atom. The van der Waals surface area contributed by atoms with E-state index >= 15 is 0 Å². The average Bonchev–Trinajstić information content (AvgIpc) is 2.62. The van der Waals surface area contributed by atoms with Gasteiger partial charge >= 0.3 is 0 Å². The first kappa shape index (κ1) is 11.8. The minimum Gasteiger partial charge on any atom is -0.354 e. The smallest absolute Gasteiger partial charge is 0.146 e. The zero-order valence-corrected chi connectivity index (χ0v) is 9.73. The molecule has 1 heterocycles. The van der Waals surface area contributed by atoms with Gasteiger partial charge in [-0.05, 0) is 35.6 Å². The Morgan fingerprint density at radius 3 is 2.80 bits per heavy atom. The minimum absolute atomic E-state index is 0.289. The van der Waals surface area contributed by atoms with E-state index in [9.17, 15) is 4.79 Å². The fraction of sp³-hybridized carbons (Fsp3) is 0.462. The molecule has 0 unspecified atom stereocenters. The van der Waals surface area contributed by atoms with E-state index in [1.807, 2.05) is 26.0 Å². The number of carbonyl (C=O) groups is 1. The van der Waals surface area contributed by atoms with Gasteiger partial charge < -0.3 is 4.57 Å². The van der Waals surface area contributed by atoms with Crippen LogP contribution in [0.15, 0.2) is 24.0 Å². The molecule has 0 amide bonds. The molecule has 1 aromatic rings. The van der Waals surface area contributed by atoms with Gasteiger partial charge in [-0.3, -0.25) is 4.79 Å². The molecule has 0 N–H and O–H groups in total. The number of rotatable bonds is 5. The van der Waals surface area contributed by atoms with Crippen molar-refractivity contribution < 1.29 is 4.79 Å². The van der Waals surface area contributed by atoms with Gasteiger partial charge in [-0.15, -0.1) is 0 Å². The highest BCUT2D eigenvalue weighted by molar-refractivity contribution is 5.82. The molecular weight excluding hydrogens is 186 g/mol. The van der Waals surface area contributed by atoms with Crippen LogP contribution in [0.2, 0.25) is 0 Å². The highest BCUT2D eigenvalue weighted by Crippen LogP contribution is 2.13. The Bertz CT molecular complexity index is 347. The number of nitrogens with zero attached hydrogens (tertiary/aromatic N) is 1. The van der Waals surface area contributed by atoms with Crippen LogP contribution in [0.5, 0.6) is 0 Å². The van der Waals surface area contributed by atoms with Gasteiger partial charge in [0, 0.05) is 18.9 Å². The molecule has 0 radical (unpaired) electrons. The van der Waals surface area contributed by atoms with Gasteiger partial charge in [-0.1, -0.05) is 20.8 Å². The first-order valence-corrected chi connectivity index (χ1v) is 5.50. The molecule has 82 valence electrons. The summed E-state index contributed by atoms with van der Waals surface area (Å²) in [6.45, 7) is 7.25. The second kappa shape index (κ2) is 5.54. The summed E-state index contributed by atoms with van der Waals surface area (Å²) in [6, 6.07) is 2.04. The molecule has 0 bridgehead atoms. The SMILES string of the molecule is CCCn1ccc(C=C(C=O)C(C)C)c1. The van der Waals surface area contributed by atoms with Crippen LogP contribution in [0, 0.1) is 5.92 Å². The molecule has 0 aromatic carbocycles. The third-order valence-corrected chi connectivity index (χ3v) is 2.39. The normalized spacial score (nSPS) is 12.1. The molecule has 1 rings (SSSR count). The summed E-state index contributed by atoms with van der Waals surface area (Å²) < 4.78 is 2.15. The van der Waals surface area contributed by atoms with Gasteiger partial charge in [0.1, 0.15) is 6.29 Å². The van der Waals surface area contributed by atoms with Crippen molar-refractivity contribution in [1.82, 2.24) is 4.57 Å². The number of aromatic nitrogens is 1. The monoisotopic (exact) mass is 205 g/mol. The Balaban J connectivity index is 2.82. The maximum atomic E-state index is 10.8. The van der Waals surface area contributed by atoms with Gasteiger partial charge in [-0.2, -0.15) is 0 Å². The molecule has 0 saturated heterocycles. The molecule has 2 heteroatoms. The van der Waals surface area contributed by atoms with Crippen LogP contribution < -0.4 is 0 Å². The van der Waals surface area contributed by atoms with Crippen molar-refractivity contribution in [2.45, 2.75) is 33.7 Å². The lowest BCUT2D eigenvalue weighted by atomic mass is 10.0. The van der Waals surface area contributed by atoms with E-state index in [1.54, 1.807) is 0 Å². The lowest BCUT2D eigenvalue weighted by Gasteiger charge is -2.02. The summed E-state index contributed by atoms with van der Waals surface area (Å²) in [5.74, 6) is 0.289. The molecule has 0 spiro atoms. The van der Waals surface area contributed by atoms with Crippen molar-refractivity contribution in [3.05, 3.63) is 29.6 Å². The number of carbonyl (C=O) groups excluding carboxylic acids is 1. The third-order valence-electron chi connectivity index (χ3n) is 2.39. The lowest BCUT2D eigenvalue weighted by Crippen LogP contribution is -1.94. The lowest BCUT2D eigenvalue weighted by molar-refractivity contribution is -0.105. The van der Waals surface area contributed by atoms with Crippen LogP contribution in [-0.4, -0.2) is 10.9 Å². The maximum Gasteiger partial charge on any atom is 0.146 e. The molecule has 0 saturated carbocycles. The van der Waals surface area contributed by atoms with Crippen molar-refractivity contribution in [3.63, 3.8) is 0 Å². The number of hydrogen-bond donors (Lipinski definition) is 0. The molecule has 15 heavy (non-hydrogen) atoms. The highest BCUT2D eigenvalue weighted by atomic mass is 16.1. The van der Waals surface area contributed by atoms with E-state index < -0.39 is 0 Å². The van der Waals surface area contributed by atoms with E-state index in [4.69, 9.17) is 0 Å². The quantitative estimate of drug-likeness (QED) is 0.534. The first-order chi connectivity index (χ1) is 7.17. The molecule has 2 nitrogen and oxygen atoms in total. The predicted molar refractivity (Wildman–Crippen MR) is 63.6 cm³/mol. The van der Waals surface area contributed by atoms with Gasteiger partial charge in [0.25, 0.3) is 0 Å². The third kappa shape index (κ3) is 3.39. The van der Waals surface area contributed by atoms with E-state index in [-0.39, 0.29) is 5.92 Å². The van der Waals surface area contributed by atoms with Gasteiger partial charge in [-0.25, -0.2) is 0 Å². The molecule has 1 aromatic heterocycles. The number of hydrogen-bond acceptors (Lipinski definition) is 1. The molecule has 0 atom stereocenters. The second-order valence-corrected chi connectivity index (χ2v) is 4.10. The van der Waals surface area contributed by atoms with Crippen LogP contribution in [0.4, 0.5) is 0 Å². The van der Waals surface area contributed by atoms with Crippen molar-refractivity contribution >= 4 is 12.4 Å². The fourth-order valence-corrected chi connectivity index (χ4v) is 1.47. The van der Waals surface area contributed by atoms with Crippen molar-refractivity contribution in [2.24, 2.45) is 5.92 Å². The number of aryl methyl sites for hydroxylation is 1. The Kier molecular flexibility index (Phi) is 4.35. The zero-order valence-electron chi connectivity index (χ0n) is 9.73. The van der Waals surface area contributed by atoms with Crippen LogP contribution in [0.1, 0.15) is 32.8 Å².